The lowest BCUT2D eigenvalue weighted by Gasteiger charge is -2.34. The first-order chi connectivity index (χ1) is 9.60. The molecule has 1 rings (SSSR count). The number of carboxylic acid groups (broad SMARTS) is 1. The minimum atomic E-state index is -0.838. The first kappa shape index (κ1) is 18.4. The van der Waals surface area contributed by atoms with Crippen LogP contribution in [-0.2, 0) is 4.79 Å². The molecule has 1 aliphatic rings. The first-order valence-corrected chi connectivity index (χ1v) is 8.26. The van der Waals surface area contributed by atoms with Crippen molar-refractivity contribution in [3.8, 4) is 0 Å². The normalized spacial score (nSPS) is 25.9. The van der Waals surface area contributed by atoms with Gasteiger partial charge in [-0.15, -0.1) is 0 Å². The molecular weight excluding hydrogens is 264 g/mol. The van der Waals surface area contributed by atoms with E-state index in [4.69, 9.17) is 0 Å². The lowest BCUT2D eigenvalue weighted by molar-refractivity contribution is -0.144. The molecule has 0 aliphatic carbocycles. The third kappa shape index (κ3) is 4.96. The molecule has 1 saturated heterocycles. The van der Waals surface area contributed by atoms with E-state index in [-0.39, 0.29) is 6.04 Å². The van der Waals surface area contributed by atoms with Crippen LogP contribution in [0.25, 0.3) is 0 Å². The fourth-order valence-corrected chi connectivity index (χ4v) is 3.44. The van der Waals surface area contributed by atoms with E-state index < -0.39 is 11.5 Å². The Labute approximate surface area is 130 Å². The molecular formula is C17H34N2O2. The Morgan fingerprint density at radius 1 is 1.29 bits per heavy atom. The second-order valence-corrected chi connectivity index (χ2v) is 7.97. The van der Waals surface area contributed by atoms with Gasteiger partial charge in [-0.25, -0.2) is 0 Å². The molecule has 0 spiro atoms. The van der Waals surface area contributed by atoms with Crippen molar-refractivity contribution in [2.24, 2.45) is 11.3 Å². The number of likely N-dealkylation sites (N-methyl/N-ethyl adjacent to an activating group) is 1. The summed E-state index contributed by atoms with van der Waals surface area (Å²) in [6.45, 7) is 13.1. The summed E-state index contributed by atoms with van der Waals surface area (Å²) < 4.78 is 0. The maximum atomic E-state index is 11.4. The highest BCUT2D eigenvalue weighted by molar-refractivity contribution is 5.78. The highest BCUT2D eigenvalue weighted by atomic mass is 16.4. The van der Waals surface area contributed by atoms with Gasteiger partial charge in [-0.1, -0.05) is 20.8 Å². The smallest absolute Gasteiger partial charge is 0.323 e. The molecule has 0 aromatic carbocycles. The van der Waals surface area contributed by atoms with Gasteiger partial charge in [0.1, 0.15) is 5.54 Å². The molecule has 4 heteroatoms. The molecule has 3 atom stereocenters. The SMILES string of the molecule is CNC(C)(CC(C)N1CCCC(C(C)(C)C)CC1)C(=O)O. The minimum Gasteiger partial charge on any atom is -0.480 e. The van der Waals surface area contributed by atoms with Crippen LogP contribution < -0.4 is 5.32 Å². The molecule has 1 fully saturated rings. The van der Waals surface area contributed by atoms with Crippen LogP contribution >= 0.6 is 0 Å². The van der Waals surface area contributed by atoms with E-state index >= 15 is 0 Å². The van der Waals surface area contributed by atoms with Crippen LogP contribution in [0.3, 0.4) is 0 Å². The molecule has 0 saturated carbocycles. The molecule has 0 bridgehead atoms. The molecule has 124 valence electrons. The van der Waals surface area contributed by atoms with Crippen molar-refractivity contribution in [1.82, 2.24) is 10.2 Å². The minimum absolute atomic E-state index is 0.289. The molecule has 0 aromatic heterocycles. The maximum absolute atomic E-state index is 11.4. The molecule has 4 nitrogen and oxygen atoms in total. The Morgan fingerprint density at radius 3 is 2.38 bits per heavy atom. The average molecular weight is 298 g/mol. The Morgan fingerprint density at radius 2 is 1.90 bits per heavy atom. The highest BCUT2D eigenvalue weighted by Gasteiger charge is 2.35. The van der Waals surface area contributed by atoms with Gasteiger partial charge >= 0.3 is 5.97 Å². The van der Waals surface area contributed by atoms with Gasteiger partial charge in [-0.05, 0) is 71.0 Å². The number of aliphatic carboxylic acids is 1. The number of likely N-dealkylation sites (tertiary alicyclic amines) is 1. The first-order valence-electron chi connectivity index (χ1n) is 8.26. The van der Waals surface area contributed by atoms with Gasteiger partial charge in [0.05, 0.1) is 0 Å². The predicted octanol–water partition coefficient (Wildman–Crippen LogP) is 2.98. The van der Waals surface area contributed by atoms with Gasteiger partial charge in [-0.3, -0.25) is 4.79 Å². The number of rotatable bonds is 5. The summed E-state index contributed by atoms with van der Waals surface area (Å²) in [5.74, 6) is 0.00379. The number of hydrogen-bond acceptors (Lipinski definition) is 3. The summed E-state index contributed by atoms with van der Waals surface area (Å²) in [6.07, 6.45) is 4.36. The predicted molar refractivity (Wildman–Crippen MR) is 87.5 cm³/mol. The zero-order valence-electron chi connectivity index (χ0n) is 14.7. The largest absolute Gasteiger partial charge is 0.480 e. The van der Waals surface area contributed by atoms with Crippen LogP contribution in [0.4, 0.5) is 0 Å². The summed E-state index contributed by atoms with van der Waals surface area (Å²) in [7, 11) is 1.74. The number of nitrogens with zero attached hydrogens (tertiary/aromatic N) is 1. The third-order valence-corrected chi connectivity index (χ3v) is 5.34. The van der Waals surface area contributed by atoms with Crippen LogP contribution in [0.2, 0.25) is 0 Å². The van der Waals surface area contributed by atoms with E-state index in [9.17, 15) is 9.90 Å². The molecule has 0 amide bonds. The molecule has 0 aromatic rings. The standard InChI is InChI=1S/C17H34N2O2/c1-13(12-17(5,18-6)15(20)21)19-10-7-8-14(9-11-19)16(2,3)4/h13-14,18H,7-12H2,1-6H3,(H,20,21). The van der Waals surface area contributed by atoms with Crippen molar-refractivity contribution in [1.29, 1.82) is 0 Å². The maximum Gasteiger partial charge on any atom is 0.323 e. The zero-order valence-corrected chi connectivity index (χ0v) is 14.7. The summed E-state index contributed by atoms with van der Waals surface area (Å²) in [4.78, 5) is 13.9. The van der Waals surface area contributed by atoms with Crippen LogP contribution in [0.1, 0.15) is 60.3 Å². The molecule has 0 radical (unpaired) electrons. The molecule has 2 N–H and O–H groups in total. The van der Waals surface area contributed by atoms with E-state index in [1.165, 1.54) is 19.3 Å². The van der Waals surface area contributed by atoms with Crippen molar-refractivity contribution < 1.29 is 9.90 Å². The van der Waals surface area contributed by atoms with Crippen molar-refractivity contribution in [3.05, 3.63) is 0 Å². The second kappa shape index (κ2) is 7.10. The summed E-state index contributed by atoms with van der Waals surface area (Å²) >= 11 is 0. The van der Waals surface area contributed by atoms with Gasteiger partial charge in [-0.2, -0.15) is 0 Å². The van der Waals surface area contributed by atoms with Gasteiger partial charge in [0.15, 0.2) is 0 Å². The molecule has 1 aliphatic heterocycles. The Kier molecular flexibility index (Phi) is 6.23. The lowest BCUT2D eigenvalue weighted by atomic mass is 9.77. The number of carboxylic acids is 1. The summed E-state index contributed by atoms with van der Waals surface area (Å²) in [5.41, 5.74) is -0.463. The fourth-order valence-electron chi connectivity index (χ4n) is 3.44. The van der Waals surface area contributed by atoms with Gasteiger partial charge in [0.25, 0.3) is 0 Å². The molecule has 1 heterocycles. The topological polar surface area (TPSA) is 52.6 Å². The van der Waals surface area contributed by atoms with E-state index in [0.717, 1.165) is 19.0 Å². The zero-order chi connectivity index (χ0) is 16.3. The quantitative estimate of drug-likeness (QED) is 0.819. The van der Waals surface area contributed by atoms with Crippen LogP contribution in [-0.4, -0.2) is 47.7 Å². The van der Waals surface area contributed by atoms with E-state index in [1.807, 2.05) is 0 Å². The highest BCUT2D eigenvalue weighted by Crippen LogP contribution is 2.35. The van der Waals surface area contributed by atoms with Crippen LogP contribution in [0.15, 0.2) is 0 Å². The van der Waals surface area contributed by atoms with Gasteiger partial charge in [0.2, 0.25) is 0 Å². The number of nitrogens with one attached hydrogen (secondary N) is 1. The Hall–Kier alpha value is -0.610. The van der Waals surface area contributed by atoms with Crippen molar-refractivity contribution in [2.45, 2.75) is 71.9 Å². The third-order valence-electron chi connectivity index (χ3n) is 5.34. The van der Waals surface area contributed by atoms with Crippen molar-refractivity contribution in [3.63, 3.8) is 0 Å². The molecule has 21 heavy (non-hydrogen) atoms. The van der Waals surface area contributed by atoms with E-state index in [1.54, 1.807) is 14.0 Å². The van der Waals surface area contributed by atoms with Crippen LogP contribution in [0, 0.1) is 11.3 Å². The van der Waals surface area contributed by atoms with Gasteiger partial charge in [0, 0.05) is 6.04 Å². The summed E-state index contributed by atoms with van der Waals surface area (Å²) in [6, 6.07) is 0.289. The monoisotopic (exact) mass is 298 g/mol. The average Bonchev–Trinajstić information content (AvgIpc) is 2.63. The second-order valence-electron chi connectivity index (χ2n) is 7.97. The number of hydrogen-bond donors (Lipinski definition) is 2. The van der Waals surface area contributed by atoms with E-state index in [0.29, 0.717) is 11.8 Å². The Bertz CT molecular complexity index is 351. The van der Waals surface area contributed by atoms with Crippen LogP contribution in [0.5, 0.6) is 0 Å². The summed E-state index contributed by atoms with van der Waals surface area (Å²) in [5, 5.41) is 12.4. The number of carbonyl (C=O) groups is 1. The fraction of sp³-hybridized carbons (Fsp3) is 0.941. The lowest BCUT2D eigenvalue weighted by Crippen LogP contribution is -2.52. The van der Waals surface area contributed by atoms with Gasteiger partial charge < -0.3 is 15.3 Å². The Balaban J connectivity index is 2.64. The van der Waals surface area contributed by atoms with E-state index in [2.05, 4.69) is 37.9 Å². The van der Waals surface area contributed by atoms with Crippen molar-refractivity contribution in [2.75, 3.05) is 20.1 Å². The van der Waals surface area contributed by atoms with Crippen molar-refractivity contribution >= 4 is 5.97 Å². The molecule has 3 unspecified atom stereocenters.